The molecule has 21 heavy (non-hydrogen) atoms. The predicted octanol–water partition coefficient (Wildman–Crippen LogP) is 3.21. The molecular weight excluding hydrogens is 290 g/mol. The highest BCUT2D eigenvalue weighted by Gasteiger charge is 2.47. The Morgan fingerprint density at radius 2 is 2.05 bits per heavy atom. The topological polar surface area (TPSA) is 57.6 Å². The molecule has 1 aromatic rings. The lowest BCUT2D eigenvalue weighted by atomic mass is 9.93. The Hall–Kier alpha value is -1.81. The van der Waals surface area contributed by atoms with Crippen molar-refractivity contribution in [2.75, 3.05) is 6.54 Å². The van der Waals surface area contributed by atoms with Crippen molar-refractivity contribution in [3.05, 3.63) is 40.9 Å². The number of amides is 1. The molecule has 1 aromatic carbocycles. The predicted molar refractivity (Wildman–Crippen MR) is 82.1 cm³/mol. The monoisotopic (exact) mass is 307 g/mol. The van der Waals surface area contributed by atoms with E-state index in [0.29, 0.717) is 24.4 Å². The summed E-state index contributed by atoms with van der Waals surface area (Å²) in [6, 6.07) is 7.10. The number of carbonyl (C=O) groups is 2. The molecular formula is C16H18ClNO3. The number of benzene rings is 1. The van der Waals surface area contributed by atoms with E-state index in [4.69, 9.17) is 11.6 Å². The first-order valence-electron chi connectivity index (χ1n) is 6.98. The molecule has 1 N–H and O–H groups in total. The van der Waals surface area contributed by atoms with Crippen LogP contribution < -0.4 is 0 Å². The van der Waals surface area contributed by atoms with Gasteiger partial charge < -0.3 is 10.0 Å². The van der Waals surface area contributed by atoms with Gasteiger partial charge in [-0.2, -0.15) is 0 Å². The van der Waals surface area contributed by atoms with Crippen LogP contribution in [0.15, 0.2) is 30.3 Å². The Balaban J connectivity index is 2.15. The van der Waals surface area contributed by atoms with Gasteiger partial charge in [-0.15, -0.1) is 0 Å². The van der Waals surface area contributed by atoms with Crippen LogP contribution in [0.2, 0.25) is 5.02 Å². The molecule has 0 aliphatic carbocycles. The van der Waals surface area contributed by atoms with Gasteiger partial charge in [0.1, 0.15) is 5.54 Å². The van der Waals surface area contributed by atoms with E-state index in [-0.39, 0.29) is 5.91 Å². The van der Waals surface area contributed by atoms with Crippen LogP contribution >= 0.6 is 11.6 Å². The van der Waals surface area contributed by atoms with Crippen LogP contribution in [0.4, 0.5) is 0 Å². The number of carboxylic acids is 1. The second kappa shape index (κ2) is 6.31. The Bertz CT molecular complexity index is 567. The van der Waals surface area contributed by atoms with Gasteiger partial charge in [-0.3, -0.25) is 4.79 Å². The quantitative estimate of drug-likeness (QED) is 0.869. The van der Waals surface area contributed by atoms with E-state index in [1.807, 2.05) is 6.92 Å². The zero-order chi connectivity index (χ0) is 15.5. The normalized spacial score (nSPS) is 21.9. The highest BCUT2D eigenvalue weighted by molar-refractivity contribution is 6.30. The van der Waals surface area contributed by atoms with Crippen LogP contribution in [0.3, 0.4) is 0 Å². The Kier molecular flexibility index (Phi) is 4.68. The Morgan fingerprint density at radius 3 is 2.62 bits per heavy atom. The van der Waals surface area contributed by atoms with E-state index in [0.717, 1.165) is 12.0 Å². The molecule has 1 aliphatic rings. The highest BCUT2D eigenvalue weighted by Crippen LogP contribution is 2.33. The zero-order valence-corrected chi connectivity index (χ0v) is 12.6. The van der Waals surface area contributed by atoms with E-state index in [1.165, 1.54) is 11.0 Å². The van der Waals surface area contributed by atoms with Crippen molar-refractivity contribution in [2.45, 2.75) is 31.7 Å². The summed E-state index contributed by atoms with van der Waals surface area (Å²) in [7, 11) is 0. The number of likely N-dealkylation sites (tertiary alicyclic amines) is 1. The van der Waals surface area contributed by atoms with E-state index in [2.05, 4.69) is 0 Å². The molecule has 0 spiro atoms. The summed E-state index contributed by atoms with van der Waals surface area (Å²) < 4.78 is 0. The van der Waals surface area contributed by atoms with E-state index in [9.17, 15) is 14.7 Å². The Morgan fingerprint density at radius 1 is 1.38 bits per heavy atom. The van der Waals surface area contributed by atoms with E-state index < -0.39 is 11.5 Å². The minimum absolute atomic E-state index is 0.258. The van der Waals surface area contributed by atoms with Crippen molar-refractivity contribution in [2.24, 2.45) is 0 Å². The first kappa shape index (κ1) is 15.6. The van der Waals surface area contributed by atoms with Gasteiger partial charge >= 0.3 is 5.97 Å². The molecule has 1 atom stereocenters. The summed E-state index contributed by atoms with van der Waals surface area (Å²) in [5, 5.41) is 10.1. The number of rotatable bonds is 4. The van der Waals surface area contributed by atoms with Gasteiger partial charge in [0.05, 0.1) is 0 Å². The van der Waals surface area contributed by atoms with Crippen LogP contribution in [-0.4, -0.2) is 34.0 Å². The van der Waals surface area contributed by atoms with Crippen molar-refractivity contribution in [1.82, 2.24) is 4.90 Å². The second-order valence-electron chi connectivity index (χ2n) is 5.17. The summed E-state index contributed by atoms with van der Waals surface area (Å²) in [4.78, 5) is 25.3. The second-order valence-corrected chi connectivity index (χ2v) is 5.61. The standard InChI is InChI=1S/C16H18ClNO3/c1-2-16(15(20)21)10-3-11-18(16)14(19)9-6-12-4-7-13(17)8-5-12/h4-9H,2-3,10-11H2,1H3,(H,20,21)/b9-6+. The molecule has 2 rings (SSSR count). The van der Waals surface area contributed by atoms with Gasteiger partial charge in [-0.05, 0) is 43.0 Å². The average molecular weight is 308 g/mol. The smallest absolute Gasteiger partial charge is 0.329 e. The van der Waals surface area contributed by atoms with Crippen molar-refractivity contribution < 1.29 is 14.7 Å². The maximum Gasteiger partial charge on any atom is 0.329 e. The molecule has 1 aliphatic heterocycles. The largest absolute Gasteiger partial charge is 0.479 e. The van der Waals surface area contributed by atoms with Crippen LogP contribution in [-0.2, 0) is 9.59 Å². The molecule has 1 amide bonds. The maximum absolute atomic E-state index is 12.3. The van der Waals surface area contributed by atoms with E-state index in [1.54, 1.807) is 30.3 Å². The molecule has 0 bridgehead atoms. The molecule has 1 saturated heterocycles. The molecule has 1 fully saturated rings. The van der Waals surface area contributed by atoms with Gasteiger partial charge in [-0.25, -0.2) is 4.79 Å². The van der Waals surface area contributed by atoms with Crippen molar-refractivity contribution in [3.63, 3.8) is 0 Å². The number of carbonyl (C=O) groups excluding carboxylic acids is 1. The summed E-state index contributed by atoms with van der Waals surface area (Å²) in [5.74, 6) is -1.18. The number of halogens is 1. The number of carboxylic acid groups (broad SMARTS) is 1. The maximum atomic E-state index is 12.3. The number of nitrogens with zero attached hydrogens (tertiary/aromatic N) is 1. The van der Waals surface area contributed by atoms with Crippen LogP contribution in [0.1, 0.15) is 31.7 Å². The fraction of sp³-hybridized carbons (Fsp3) is 0.375. The minimum atomic E-state index is -1.05. The number of aliphatic carboxylic acids is 1. The molecule has 0 aromatic heterocycles. The van der Waals surface area contributed by atoms with Crippen LogP contribution in [0.25, 0.3) is 6.08 Å². The zero-order valence-electron chi connectivity index (χ0n) is 11.9. The molecule has 112 valence electrons. The van der Waals surface area contributed by atoms with Crippen molar-refractivity contribution in [3.8, 4) is 0 Å². The lowest BCUT2D eigenvalue weighted by Crippen LogP contribution is -2.52. The third kappa shape index (κ3) is 3.10. The van der Waals surface area contributed by atoms with Gasteiger partial charge in [0.15, 0.2) is 0 Å². The SMILES string of the molecule is CCC1(C(=O)O)CCCN1C(=O)/C=C/c1ccc(Cl)cc1. The summed E-state index contributed by atoms with van der Waals surface area (Å²) in [6.45, 7) is 2.30. The third-order valence-electron chi connectivity index (χ3n) is 4.03. The summed E-state index contributed by atoms with van der Waals surface area (Å²) in [6.07, 6.45) is 4.77. The van der Waals surface area contributed by atoms with Gasteiger partial charge in [0.2, 0.25) is 5.91 Å². The molecule has 1 heterocycles. The van der Waals surface area contributed by atoms with E-state index >= 15 is 0 Å². The molecule has 4 nitrogen and oxygen atoms in total. The van der Waals surface area contributed by atoms with Crippen molar-refractivity contribution in [1.29, 1.82) is 0 Å². The molecule has 5 heteroatoms. The van der Waals surface area contributed by atoms with Gasteiger partial charge in [-0.1, -0.05) is 30.7 Å². The number of hydrogen-bond donors (Lipinski definition) is 1. The summed E-state index contributed by atoms with van der Waals surface area (Å²) >= 11 is 5.80. The first-order valence-corrected chi connectivity index (χ1v) is 7.36. The van der Waals surface area contributed by atoms with Crippen LogP contribution in [0.5, 0.6) is 0 Å². The minimum Gasteiger partial charge on any atom is -0.479 e. The van der Waals surface area contributed by atoms with Crippen LogP contribution in [0, 0.1) is 0 Å². The highest BCUT2D eigenvalue weighted by atomic mass is 35.5. The van der Waals surface area contributed by atoms with Gasteiger partial charge in [0.25, 0.3) is 0 Å². The fourth-order valence-electron chi connectivity index (χ4n) is 2.77. The number of hydrogen-bond acceptors (Lipinski definition) is 2. The summed E-state index contributed by atoms with van der Waals surface area (Å²) in [5.41, 5.74) is -0.203. The van der Waals surface area contributed by atoms with Crippen molar-refractivity contribution >= 4 is 29.6 Å². The third-order valence-corrected chi connectivity index (χ3v) is 4.28. The lowest BCUT2D eigenvalue weighted by Gasteiger charge is -2.33. The molecule has 1 unspecified atom stereocenters. The molecule has 0 radical (unpaired) electrons. The van der Waals surface area contributed by atoms with Gasteiger partial charge in [0, 0.05) is 17.6 Å². The molecule has 0 saturated carbocycles. The lowest BCUT2D eigenvalue weighted by molar-refractivity contribution is -0.155. The fourth-order valence-corrected chi connectivity index (χ4v) is 2.90. The first-order chi connectivity index (χ1) is 9.99. The average Bonchev–Trinajstić information content (AvgIpc) is 2.91. The Labute approximate surface area is 129 Å².